The Balaban J connectivity index is 1.88. The molecule has 0 spiro atoms. The molecule has 0 saturated heterocycles. The summed E-state index contributed by atoms with van der Waals surface area (Å²) in [5, 5.41) is 12.1. The molecule has 0 aliphatic heterocycles. The van der Waals surface area contributed by atoms with E-state index in [9.17, 15) is 14.7 Å². The summed E-state index contributed by atoms with van der Waals surface area (Å²) in [7, 11) is 8.01. The Kier molecular flexibility index (Phi) is 9.35. The molecule has 0 radical (unpaired) electrons. The highest BCUT2D eigenvalue weighted by molar-refractivity contribution is 6.14. The Bertz CT molecular complexity index is 1240. The number of alkyl carbamates (subject to hydrolysis) is 1. The minimum Gasteiger partial charge on any atom is -0.480 e. The van der Waals surface area contributed by atoms with Crippen LogP contribution >= 0.6 is 0 Å². The van der Waals surface area contributed by atoms with Gasteiger partial charge in [0.2, 0.25) is 0 Å². The molecule has 0 fully saturated rings. The third-order valence-electron chi connectivity index (χ3n) is 5.92. The summed E-state index contributed by atoms with van der Waals surface area (Å²) in [5.41, 5.74) is 5.75. The average molecular weight is 531 g/mol. The van der Waals surface area contributed by atoms with Crippen LogP contribution in [0.1, 0.15) is 37.5 Å². The predicted molar refractivity (Wildman–Crippen MR) is 158 cm³/mol. The molecule has 0 bridgehead atoms. The van der Waals surface area contributed by atoms with Crippen molar-refractivity contribution in [1.29, 1.82) is 0 Å². The molecule has 1 atom stereocenters. The van der Waals surface area contributed by atoms with Crippen LogP contribution in [-0.4, -0.2) is 62.7 Å². The maximum atomic E-state index is 12.1. The Morgan fingerprint density at radius 1 is 0.821 bits per heavy atom. The van der Waals surface area contributed by atoms with Crippen LogP contribution in [0, 0.1) is 0 Å². The Morgan fingerprint density at radius 3 is 1.67 bits per heavy atom. The van der Waals surface area contributed by atoms with Gasteiger partial charge in [-0.15, -0.1) is 0 Å². The molecule has 39 heavy (non-hydrogen) atoms. The zero-order valence-electron chi connectivity index (χ0n) is 23.7. The van der Waals surface area contributed by atoms with Crippen molar-refractivity contribution in [2.24, 2.45) is 4.99 Å². The van der Waals surface area contributed by atoms with Gasteiger partial charge in [0.05, 0.1) is 11.4 Å². The highest BCUT2D eigenvalue weighted by atomic mass is 16.6. The minimum atomic E-state index is -1.13. The number of carbonyl (C=O) groups is 2. The third-order valence-corrected chi connectivity index (χ3v) is 5.92. The summed E-state index contributed by atoms with van der Waals surface area (Å²) < 4.78 is 5.21. The lowest BCUT2D eigenvalue weighted by atomic mass is 10.0. The van der Waals surface area contributed by atoms with E-state index in [1.54, 1.807) is 20.8 Å². The van der Waals surface area contributed by atoms with E-state index in [1.165, 1.54) is 0 Å². The predicted octanol–water partition coefficient (Wildman–Crippen LogP) is 5.51. The van der Waals surface area contributed by atoms with Crippen molar-refractivity contribution >= 4 is 34.8 Å². The number of nitrogens with zero attached hydrogens (tertiary/aromatic N) is 3. The Hall–Kier alpha value is -4.33. The first kappa shape index (κ1) is 29.2. The summed E-state index contributed by atoms with van der Waals surface area (Å²) in [5.74, 6) is -1.13. The summed E-state index contributed by atoms with van der Waals surface area (Å²) in [4.78, 5) is 32.9. The van der Waals surface area contributed by atoms with Gasteiger partial charge in [-0.25, -0.2) is 14.6 Å². The number of hydrogen-bond donors (Lipinski definition) is 2. The van der Waals surface area contributed by atoms with Crippen molar-refractivity contribution in [2.45, 2.75) is 38.8 Å². The van der Waals surface area contributed by atoms with Crippen molar-refractivity contribution in [3.8, 4) is 0 Å². The minimum absolute atomic E-state index is 0.115. The number of ether oxygens (including phenoxy) is 1. The van der Waals surface area contributed by atoms with E-state index >= 15 is 0 Å². The van der Waals surface area contributed by atoms with E-state index in [-0.39, 0.29) is 6.42 Å². The standard InChI is InChI=1S/C31H38N4O4/c1-31(2,3)39-30(38)33-27(29(36)37)20-21-8-14-24(15-9-21)32-28(22-10-16-25(17-11-22)34(4)5)23-12-18-26(19-13-23)35(6)7/h8-19,27H,20H2,1-7H3,(H,33,38)(H,36,37)/t27-/m0/s1. The molecule has 3 aromatic carbocycles. The average Bonchev–Trinajstić information content (AvgIpc) is 2.87. The molecule has 0 aliphatic carbocycles. The second-order valence-electron chi connectivity index (χ2n) is 10.8. The zero-order valence-corrected chi connectivity index (χ0v) is 23.7. The number of amides is 1. The van der Waals surface area contributed by atoms with E-state index in [1.807, 2.05) is 62.3 Å². The number of aliphatic imine (C=N–C) groups is 1. The number of anilines is 2. The van der Waals surface area contributed by atoms with E-state index in [2.05, 4.69) is 53.8 Å². The monoisotopic (exact) mass is 530 g/mol. The van der Waals surface area contributed by atoms with Gasteiger partial charge < -0.3 is 25.0 Å². The largest absolute Gasteiger partial charge is 0.480 e. The molecule has 3 rings (SSSR count). The molecule has 0 unspecified atom stereocenters. The quantitative estimate of drug-likeness (QED) is 0.355. The molecule has 0 heterocycles. The number of hydrogen-bond acceptors (Lipinski definition) is 6. The van der Waals surface area contributed by atoms with Gasteiger partial charge in [-0.05, 0) is 62.7 Å². The number of benzene rings is 3. The first-order valence-corrected chi connectivity index (χ1v) is 12.8. The number of carbonyl (C=O) groups excluding carboxylic acids is 1. The molecule has 206 valence electrons. The lowest BCUT2D eigenvalue weighted by Crippen LogP contribution is -2.44. The molecule has 8 heteroatoms. The van der Waals surface area contributed by atoms with Crippen LogP contribution < -0.4 is 15.1 Å². The van der Waals surface area contributed by atoms with Crippen molar-refractivity contribution in [3.05, 3.63) is 89.5 Å². The van der Waals surface area contributed by atoms with Crippen LogP contribution in [0.25, 0.3) is 0 Å². The van der Waals surface area contributed by atoms with Gasteiger partial charge in [0.15, 0.2) is 0 Å². The van der Waals surface area contributed by atoms with Crippen molar-refractivity contribution in [3.63, 3.8) is 0 Å². The van der Waals surface area contributed by atoms with E-state index in [0.717, 1.165) is 39.5 Å². The van der Waals surface area contributed by atoms with E-state index in [0.29, 0.717) is 0 Å². The van der Waals surface area contributed by atoms with Crippen molar-refractivity contribution in [2.75, 3.05) is 38.0 Å². The zero-order chi connectivity index (χ0) is 28.7. The fraction of sp³-hybridized carbons (Fsp3) is 0.323. The molecule has 2 N–H and O–H groups in total. The van der Waals surface area contributed by atoms with Gasteiger partial charge in [0.25, 0.3) is 0 Å². The molecule has 1 amide bonds. The molecule has 0 aromatic heterocycles. The number of rotatable bonds is 9. The van der Waals surface area contributed by atoms with Gasteiger partial charge >= 0.3 is 12.1 Å². The van der Waals surface area contributed by atoms with Crippen molar-refractivity contribution in [1.82, 2.24) is 5.32 Å². The topological polar surface area (TPSA) is 94.5 Å². The Morgan fingerprint density at radius 2 is 1.28 bits per heavy atom. The smallest absolute Gasteiger partial charge is 0.408 e. The second-order valence-corrected chi connectivity index (χ2v) is 10.8. The first-order chi connectivity index (χ1) is 18.3. The van der Waals surface area contributed by atoms with E-state index < -0.39 is 23.7 Å². The molecular weight excluding hydrogens is 492 g/mol. The van der Waals surface area contributed by atoms with Gasteiger partial charge in [-0.3, -0.25) is 0 Å². The van der Waals surface area contributed by atoms with Gasteiger partial charge in [0.1, 0.15) is 11.6 Å². The highest BCUT2D eigenvalue weighted by Gasteiger charge is 2.24. The fourth-order valence-corrected chi connectivity index (χ4v) is 3.85. The number of carboxylic acids is 1. The summed E-state index contributed by atoms with van der Waals surface area (Å²) in [6, 6.07) is 22.7. The van der Waals surface area contributed by atoms with Crippen LogP contribution in [0.4, 0.5) is 21.9 Å². The molecule has 8 nitrogen and oxygen atoms in total. The van der Waals surface area contributed by atoms with Crippen LogP contribution in [0.5, 0.6) is 0 Å². The number of nitrogens with one attached hydrogen (secondary N) is 1. The normalized spacial score (nSPS) is 11.8. The van der Waals surface area contributed by atoms with E-state index in [4.69, 9.17) is 9.73 Å². The second kappa shape index (κ2) is 12.5. The third kappa shape index (κ3) is 8.60. The summed E-state index contributed by atoms with van der Waals surface area (Å²) in [6.45, 7) is 5.18. The number of aliphatic carboxylic acids is 1. The summed E-state index contributed by atoms with van der Waals surface area (Å²) >= 11 is 0. The fourth-order valence-electron chi connectivity index (χ4n) is 3.85. The molecule has 0 aliphatic rings. The van der Waals surface area contributed by atoms with Crippen LogP contribution in [0.15, 0.2) is 77.8 Å². The molecular formula is C31H38N4O4. The highest BCUT2D eigenvalue weighted by Crippen LogP contribution is 2.23. The lowest BCUT2D eigenvalue weighted by Gasteiger charge is -2.22. The van der Waals surface area contributed by atoms with Crippen LogP contribution in [-0.2, 0) is 16.0 Å². The summed E-state index contributed by atoms with van der Waals surface area (Å²) in [6.07, 6.45) is -0.648. The lowest BCUT2D eigenvalue weighted by molar-refractivity contribution is -0.139. The van der Waals surface area contributed by atoms with Crippen molar-refractivity contribution < 1.29 is 19.4 Å². The maximum Gasteiger partial charge on any atom is 0.408 e. The van der Waals surface area contributed by atoms with Crippen LogP contribution in [0.3, 0.4) is 0 Å². The molecule has 3 aromatic rings. The Labute approximate surface area is 230 Å². The maximum absolute atomic E-state index is 12.1. The first-order valence-electron chi connectivity index (χ1n) is 12.8. The number of carboxylic acid groups (broad SMARTS) is 1. The SMILES string of the molecule is CN(C)c1ccc(C(=Nc2ccc(C[C@H](NC(=O)OC(C)(C)C)C(=O)O)cc2)c2ccc(N(C)C)cc2)cc1. The van der Waals surface area contributed by atoms with Gasteiger partial charge in [-0.1, -0.05) is 36.4 Å². The molecule has 0 saturated carbocycles. The van der Waals surface area contributed by atoms with Crippen LogP contribution in [0.2, 0.25) is 0 Å². The van der Waals surface area contributed by atoms with Gasteiger partial charge in [0, 0.05) is 57.1 Å². The van der Waals surface area contributed by atoms with Gasteiger partial charge in [-0.2, -0.15) is 0 Å².